The summed E-state index contributed by atoms with van der Waals surface area (Å²) in [5, 5.41) is 0. The molecular weight excluding hydrogens is 434 g/mol. The number of ketones is 1. The normalized spacial score (nSPS) is 20.1. The van der Waals surface area contributed by atoms with E-state index < -0.39 is 0 Å². The van der Waals surface area contributed by atoms with E-state index in [1.54, 1.807) is 7.11 Å². The van der Waals surface area contributed by atoms with Crippen molar-refractivity contribution in [3.63, 3.8) is 0 Å². The second-order valence-corrected chi connectivity index (χ2v) is 9.46. The van der Waals surface area contributed by atoms with Crippen molar-refractivity contribution >= 4 is 17.4 Å². The SMILES string of the molecule is CCc1cccc(C)c1N1C(=O)CC(c2ccccc2OC)C2=C1CC(c1ccccc1)CC2=O. The van der Waals surface area contributed by atoms with Crippen molar-refractivity contribution in [2.24, 2.45) is 0 Å². The molecule has 1 aliphatic carbocycles. The minimum atomic E-state index is -0.303. The minimum Gasteiger partial charge on any atom is -0.496 e. The first-order valence-corrected chi connectivity index (χ1v) is 12.4. The molecule has 0 bridgehead atoms. The van der Waals surface area contributed by atoms with E-state index in [0.717, 1.165) is 45.6 Å². The Morgan fingerprint density at radius 2 is 1.63 bits per heavy atom. The Morgan fingerprint density at radius 3 is 2.37 bits per heavy atom. The molecule has 3 aromatic carbocycles. The number of Topliss-reactive ketones (excluding diaryl/α,β-unsaturated/α-hetero) is 1. The van der Waals surface area contributed by atoms with Gasteiger partial charge in [-0.05, 0) is 48.4 Å². The van der Waals surface area contributed by atoms with Crippen molar-refractivity contribution in [1.82, 2.24) is 0 Å². The van der Waals surface area contributed by atoms with Gasteiger partial charge in [0, 0.05) is 35.6 Å². The van der Waals surface area contributed by atoms with E-state index in [-0.39, 0.29) is 29.9 Å². The second kappa shape index (κ2) is 9.53. The van der Waals surface area contributed by atoms with E-state index in [1.165, 1.54) is 0 Å². The van der Waals surface area contributed by atoms with Crippen molar-refractivity contribution in [2.75, 3.05) is 12.0 Å². The summed E-state index contributed by atoms with van der Waals surface area (Å²) in [6.45, 7) is 4.16. The number of carbonyl (C=O) groups excluding carboxylic acids is 2. The van der Waals surface area contributed by atoms with Gasteiger partial charge in [-0.3, -0.25) is 14.5 Å². The molecule has 4 nitrogen and oxygen atoms in total. The standard InChI is InChI=1S/C31H31NO3/c1-4-21-14-10-11-20(2)31(21)32-26-17-23(22-12-6-5-7-13-22)18-27(33)30(26)25(19-29(32)34)24-15-8-9-16-28(24)35-3/h5-16,23,25H,4,17-19H2,1-3H3. The molecule has 0 aromatic heterocycles. The van der Waals surface area contributed by atoms with Gasteiger partial charge in [0.2, 0.25) is 5.91 Å². The van der Waals surface area contributed by atoms with E-state index in [0.29, 0.717) is 18.6 Å². The quantitative estimate of drug-likeness (QED) is 0.433. The van der Waals surface area contributed by atoms with Crippen LogP contribution in [0.15, 0.2) is 84.1 Å². The monoisotopic (exact) mass is 465 g/mol. The number of rotatable bonds is 5. The molecule has 0 radical (unpaired) electrons. The van der Waals surface area contributed by atoms with Crippen LogP contribution in [0.25, 0.3) is 0 Å². The Balaban J connectivity index is 1.72. The second-order valence-electron chi connectivity index (χ2n) is 9.46. The summed E-state index contributed by atoms with van der Waals surface area (Å²) in [6.07, 6.45) is 2.17. The minimum absolute atomic E-state index is 0.0326. The van der Waals surface area contributed by atoms with E-state index in [2.05, 4.69) is 25.1 Å². The predicted molar refractivity (Wildman–Crippen MR) is 139 cm³/mol. The third kappa shape index (κ3) is 4.07. The van der Waals surface area contributed by atoms with Crippen molar-refractivity contribution in [2.45, 2.75) is 51.4 Å². The van der Waals surface area contributed by atoms with Gasteiger partial charge < -0.3 is 4.74 Å². The van der Waals surface area contributed by atoms with Crippen LogP contribution < -0.4 is 9.64 Å². The van der Waals surface area contributed by atoms with Crippen LogP contribution in [0.1, 0.15) is 60.3 Å². The van der Waals surface area contributed by atoms with Crippen molar-refractivity contribution in [3.05, 3.63) is 106 Å². The van der Waals surface area contributed by atoms with E-state index in [4.69, 9.17) is 4.74 Å². The average molecular weight is 466 g/mol. The van der Waals surface area contributed by atoms with Gasteiger partial charge in [-0.2, -0.15) is 0 Å². The maximum Gasteiger partial charge on any atom is 0.232 e. The van der Waals surface area contributed by atoms with Crippen LogP contribution in [0.2, 0.25) is 0 Å². The molecule has 0 fully saturated rings. The number of anilines is 1. The largest absolute Gasteiger partial charge is 0.496 e. The molecule has 0 N–H and O–H groups in total. The summed E-state index contributed by atoms with van der Waals surface area (Å²) in [4.78, 5) is 29.7. The van der Waals surface area contributed by atoms with Gasteiger partial charge >= 0.3 is 0 Å². The lowest BCUT2D eigenvalue weighted by atomic mass is 9.72. The number of methoxy groups -OCH3 is 1. The first-order chi connectivity index (χ1) is 17.0. The summed E-state index contributed by atoms with van der Waals surface area (Å²) in [5.41, 5.74) is 6.78. The Kier molecular flexibility index (Phi) is 6.29. The number of hydrogen-bond acceptors (Lipinski definition) is 3. The van der Waals surface area contributed by atoms with E-state index >= 15 is 0 Å². The van der Waals surface area contributed by atoms with Gasteiger partial charge in [0.25, 0.3) is 0 Å². The highest BCUT2D eigenvalue weighted by molar-refractivity contribution is 6.08. The van der Waals surface area contributed by atoms with Crippen LogP contribution in [0.4, 0.5) is 5.69 Å². The van der Waals surface area contributed by atoms with E-state index in [9.17, 15) is 9.59 Å². The Hall–Kier alpha value is -3.66. The van der Waals surface area contributed by atoms with Gasteiger partial charge in [0.1, 0.15) is 5.75 Å². The number of carbonyl (C=O) groups is 2. The summed E-state index contributed by atoms with van der Waals surface area (Å²) >= 11 is 0. The molecule has 1 heterocycles. The van der Waals surface area contributed by atoms with Crippen molar-refractivity contribution in [3.8, 4) is 5.75 Å². The molecule has 1 aliphatic heterocycles. The number of nitrogens with zero attached hydrogens (tertiary/aromatic N) is 1. The van der Waals surface area contributed by atoms with Gasteiger partial charge in [-0.25, -0.2) is 0 Å². The first-order valence-electron chi connectivity index (χ1n) is 12.4. The lowest BCUT2D eigenvalue weighted by Gasteiger charge is -2.41. The highest BCUT2D eigenvalue weighted by Gasteiger charge is 2.43. The average Bonchev–Trinajstić information content (AvgIpc) is 2.89. The Morgan fingerprint density at radius 1 is 0.886 bits per heavy atom. The number of para-hydroxylation sites is 2. The maximum absolute atomic E-state index is 13.9. The fourth-order valence-electron chi connectivity index (χ4n) is 5.80. The summed E-state index contributed by atoms with van der Waals surface area (Å²) in [6, 6.07) is 24.1. The summed E-state index contributed by atoms with van der Waals surface area (Å²) in [5.74, 6) is 0.616. The zero-order valence-corrected chi connectivity index (χ0v) is 20.6. The zero-order valence-electron chi connectivity index (χ0n) is 20.6. The molecular formula is C31H31NO3. The van der Waals surface area contributed by atoms with Crippen LogP contribution in [-0.4, -0.2) is 18.8 Å². The van der Waals surface area contributed by atoms with Crippen molar-refractivity contribution < 1.29 is 14.3 Å². The molecule has 0 saturated heterocycles. The number of benzene rings is 3. The fraction of sp³-hybridized carbons (Fsp3) is 0.290. The zero-order chi connectivity index (χ0) is 24.5. The van der Waals surface area contributed by atoms with Crippen LogP contribution in [0.5, 0.6) is 5.75 Å². The van der Waals surface area contributed by atoms with Gasteiger partial charge in [0.05, 0.1) is 12.8 Å². The molecule has 5 rings (SSSR count). The molecule has 3 aromatic rings. The summed E-state index contributed by atoms with van der Waals surface area (Å²) < 4.78 is 5.65. The maximum atomic E-state index is 13.9. The molecule has 2 unspecified atom stereocenters. The number of amides is 1. The highest BCUT2D eigenvalue weighted by Crippen LogP contribution is 2.49. The van der Waals surface area contributed by atoms with Crippen LogP contribution >= 0.6 is 0 Å². The number of ether oxygens (including phenoxy) is 1. The highest BCUT2D eigenvalue weighted by atomic mass is 16.5. The lowest BCUT2D eigenvalue weighted by Crippen LogP contribution is -2.42. The van der Waals surface area contributed by atoms with Gasteiger partial charge in [0.15, 0.2) is 5.78 Å². The lowest BCUT2D eigenvalue weighted by molar-refractivity contribution is -0.120. The van der Waals surface area contributed by atoms with E-state index in [1.807, 2.05) is 66.4 Å². The molecule has 1 amide bonds. The topological polar surface area (TPSA) is 46.6 Å². The first kappa shape index (κ1) is 23.1. The van der Waals surface area contributed by atoms with Crippen molar-refractivity contribution in [1.29, 1.82) is 0 Å². The number of hydrogen-bond donors (Lipinski definition) is 0. The Labute approximate surface area is 207 Å². The predicted octanol–water partition coefficient (Wildman–Crippen LogP) is 6.49. The smallest absolute Gasteiger partial charge is 0.232 e. The molecule has 2 aliphatic rings. The van der Waals surface area contributed by atoms with Gasteiger partial charge in [-0.1, -0.05) is 73.7 Å². The number of aryl methyl sites for hydroxylation is 2. The molecule has 35 heavy (non-hydrogen) atoms. The summed E-state index contributed by atoms with van der Waals surface area (Å²) in [7, 11) is 1.64. The molecule has 2 atom stereocenters. The fourth-order valence-corrected chi connectivity index (χ4v) is 5.80. The third-order valence-electron chi connectivity index (χ3n) is 7.44. The van der Waals surface area contributed by atoms with Crippen LogP contribution in [-0.2, 0) is 16.0 Å². The van der Waals surface area contributed by atoms with Crippen LogP contribution in [0, 0.1) is 6.92 Å². The third-order valence-corrected chi connectivity index (χ3v) is 7.44. The van der Waals surface area contributed by atoms with Gasteiger partial charge in [-0.15, -0.1) is 0 Å². The Bertz CT molecular complexity index is 1310. The molecule has 0 saturated carbocycles. The molecule has 0 spiro atoms. The molecule has 178 valence electrons. The molecule has 4 heteroatoms. The van der Waals surface area contributed by atoms with Crippen LogP contribution in [0.3, 0.4) is 0 Å². The number of allylic oxidation sites excluding steroid dienone is 2.